The maximum Gasteiger partial charge on any atom is 0.191 e. The van der Waals surface area contributed by atoms with Crippen LogP contribution >= 0.6 is 11.8 Å². The van der Waals surface area contributed by atoms with Gasteiger partial charge in [-0.15, -0.1) is 0 Å². The Kier molecular flexibility index (Phi) is 4.29. The summed E-state index contributed by atoms with van der Waals surface area (Å²) in [6.07, 6.45) is 3.98. The lowest BCUT2D eigenvalue weighted by Gasteiger charge is -2.35. The van der Waals surface area contributed by atoms with Crippen LogP contribution in [0.4, 0.5) is 11.6 Å². The molecule has 1 aromatic rings. The zero-order valence-electron chi connectivity index (χ0n) is 11.1. The normalized spacial score (nSPS) is 18.4. The number of hydrogen-bond acceptors (Lipinski definition) is 6. The highest BCUT2D eigenvalue weighted by atomic mass is 32.2. The third-order valence-electron chi connectivity index (χ3n) is 3.17. The second kappa shape index (κ2) is 5.75. The van der Waals surface area contributed by atoms with Crippen molar-refractivity contribution in [2.24, 2.45) is 0 Å². The van der Waals surface area contributed by atoms with Gasteiger partial charge in [0.1, 0.15) is 11.6 Å². The third kappa shape index (κ3) is 3.26. The van der Waals surface area contributed by atoms with E-state index in [0.717, 1.165) is 42.8 Å². The SMILES string of the molecule is CNc1cc(NC2(C)CCOCC2)nc(SC)n1. The summed E-state index contributed by atoms with van der Waals surface area (Å²) in [6.45, 7) is 3.83. The first kappa shape index (κ1) is 13.4. The zero-order valence-corrected chi connectivity index (χ0v) is 11.9. The molecule has 0 atom stereocenters. The van der Waals surface area contributed by atoms with Gasteiger partial charge in [-0.25, -0.2) is 9.97 Å². The lowest BCUT2D eigenvalue weighted by Crippen LogP contribution is -2.40. The van der Waals surface area contributed by atoms with E-state index in [-0.39, 0.29) is 5.54 Å². The smallest absolute Gasteiger partial charge is 0.191 e. The molecule has 5 nitrogen and oxygen atoms in total. The summed E-state index contributed by atoms with van der Waals surface area (Å²) in [6, 6.07) is 1.94. The van der Waals surface area contributed by atoms with Crippen LogP contribution < -0.4 is 10.6 Å². The molecular weight excluding hydrogens is 248 g/mol. The van der Waals surface area contributed by atoms with Crippen LogP contribution in [-0.4, -0.2) is 42.0 Å². The van der Waals surface area contributed by atoms with Gasteiger partial charge in [-0.1, -0.05) is 11.8 Å². The number of anilines is 2. The molecule has 0 spiro atoms. The van der Waals surface area contributed by atoms with E-state index in [2.05, 4.69) is 27.5 Å². The quantitative estimate of drug-likeness (QED) is 0.645. The number of hydrogen-bond donors (Lipinski definition) is 2. The molecule has 2 heterocycles. The molecule has 2 rings (SSSR count). The lowest BCUT2D eigenvalue weighted by atomic mass is 9.92. The predicted octanol–water partition coefficient (Wildman–Crippen LogP) is 2.22. The molecule has 0 unspecified atom stereocenters. The number of ether oxygens (including phenoxy) is 1. The van der Waals surface area contributed by atoms with Crippen LogP contribution in [0.1, 0.15) is 19.8 Å². The van der Waals surface area contributed by atoms with E-state index in [1.54, 1.807) is 11.8 Å². The van der Waals surface area contributed by atoms with Crippen LogP contribution in [0.5, 0.6) is 0 Å². The molecule has 1 fully saturated rings. The first-order valence-electron chi connectivity index (χ1n) is 6.12. The van der Waals surface area contributed by atoms with Gasteiger partial charge in [0, 0.05) is 31.9 Å². The predicted molar refractivity (Wildman–Crippen MR) is 75.4 cm³/mol. The number of rotatable bonds is 4. The molecule has 18 heavy (non-hydrogen) atoms. The molecular formula is C12H20N4OS. The van der Waals surface area contributed by atoms with Crippen LogP contribution in [0.25, 0.3) is 0 Å². The highest BCUT2D eigenvalue weighted by molar-refractivity contribution is 7.98. The molecule has 0 saturated carbocycles. The number of nitrogens with zero attached hydrogens (tertiary/aromatic N) is 2. The topological polar surface area (TPSA) is 59.1 Å². The Morgan fingerprint density at radius 3 is 2.56 bits per heavy atom. The molecule has 1 saturated heterocycles. The van der Waals surface area contributed by atoms with Crippen molar-refractivity contribution in [3.63, 3.8) is 0 Å². The van der Waals surface area contributed by atoms with Gasteiger partial charge >= 0.3 is 0 Å². The summed E-state index contributed by atoms with van der Waals surface area (Å²) in [5.74, 6) is 1.72. The monoisotopic (exact) mass is 268 g/mol. The summed E-state index contributed by atoms with van der Waals surface area (Å²) in [5.41, 5.74) is 0.0628. The average molecular weight is 268 g/mol. The number of nitrogens with one attached hydrogen (secondary N) is 2. The lowest BCUT2D eigenvalue weighted by molar-refractivity contribution is 0.0657. The van der Waals surface area contributed by atoms with Crippen molar-refractivity contribution in [2.75, 3.05) is 37.2 Å². The fourth-order valence-corrected chi connectivity index (χ4v) is 2.34. The third-order valence-corrected chi connectivity index (χ3v) is 3.72. The fraction of sp³-hybridized carbons (Fsp3) is 0.667. The van der Waals surface area contributed by atoms with E-state index in [0.29, 0.717) is 0 Å². The Morgan fingerprint density at radius 2 is 1.94 bits per heavy atom. The molecule has 0 radical (unpaired) electrons. The molecule has 0 aromatic carbocycles. The summed E-state index contributed by atoms with van der Waals surface area (Å²) in [5, 5.41) is 7.36. The van der Waals surface area contributed by atoms with Crippen molar-refractivity contribution in [1.29, 1.82) is 0 Å². The van der Waals surface area contributed by atoms with Gasteiger partial charge in [0.05, 0.1) is 0 Å². The second-order valence-electron chi connectivity index (χ2n) is 4.67. The zero-order chi connectivity index (χ0) is 13.0. The highest BCUT2D eigenvalue weighted by Crippen LogP contribution is 2.26. The van der Waals surface area contributed by atoms with E-state index >= 15 is 0 Å². The maximum absolute atomic E-state index is 5.40. The molecule has 6 heteroatoms. The van der Waals surface area contributed by atoms with E-state index < -0.39 is 0 Å². The summed E-state index contributed by atoms with van der Waals surface area (Å²) < 4.78 is 5.40. The molecule has 1 aliphatic rings. The average Bonchev–Trinajstić information content (AvgIpc) is 2.38. The number of thioether (sulfide) groups is 1. The largest absolute Gasteiger partial charge is 0.381 e. The molecule has 0 amide bonds. The minimum atomic E-state index is 0.0628. The number of aromatic nitrogens is 2. The summed E-state index contributed by atoms with van der Waals surface area (Å²) in [7, 11) is 1.87. The Labute approximate surface area is 112 Å². The van der Waals surface area contributed by atoms with E-state index in [1.165, 1.54) is 0 Å². The van der Waals surface area contributed by atoms with Crippen molar-refractivity contribution in [1.82, 2.24) is 9.97 Å². The summed E-state index contributed by atoms with van der Waals surface area (Å²) >= 11 is 1.55. The van der Waals surface area contributed by atoms with Crippen LogP contribution in [-0.2, 0) is 4.74 Å². The Balaban J connectivity index is 2.16. The van der Waals surface area contributed by atoms with Gasteiger partial charge in [-0.2, -0.15) is 0 Å². The van der Waals surface area contributed by atoms with Gasteiger partial charge in [0.25, 0.3) is 0 Å². The van der Waals surface area contributed by atoms with Crippen molar-refractivity contribution in [2.45, 2.75) is 30.5 Å². The first-order valence-corrected chi connectivity index (χ1v) is 7.34. The van der Waals surface area contributed by atoms with Gasteiger partial charge in [-0.3, -0.25) is 0 Å². The van der Waals surface area contributed by atoms with Crippen LogP contribution in [0.3, 0.4) is 0 Å². The van der Waals surface area contributed by atoms with E-state index in [9.17, 15) is 0 Å². The van der Waals surface area contributed by atoms with Crippen molar-refractivity contribution < 1.29 is 4.74 Å². The molecule has 1 aromatic heterocycles. The Bertz CT molecular complexity index is 385. The van der Waals surface area contributed by atoms with Crippen LogP contribution in [0, 0.1) is 0 Å². The highest BCUT2D eigenvalue weighted by Gasteiger charge is 2.27. The molecule has 2 N–H and O–H groups in total. The molecule has 0 aliphatic carbocycles. The van der Waals surface area contributed by atoms with Gasteiger partial charge in [0.15, 0.2) is 5.16 Å². The maximum atomic E-state index is 5.40. The Morgan fingerprint density at radius 1 is 1.28 bits per heavy atom. The Hall–Kier alpha value is -1.01. The van der Waals surface area contributed by atoms with Crippen LogP contribution in [0.2, 0.25) is 0 Å². The van der Waals surface area contributed by atoms with E-state index in [1.807, 2.05) is 19.4 Å². The van der Waals surface area contributed by atoms with Gasteiger partial charge in [-0.05, 0) is 26.0 Å². The second-order valence-corrected chi connectivity index (χ2v) is 5.45. The van der Waals surface area contributed by atoms with Gasteiger partial charge in [0.2, 0.25) is 0 Å². The molecule has 100 valence electrons. The van der Waals surface area contributed by atoms with Crippen LogP contribution in [0.15, 0.2) is 11.2 Å². The minimum absolute atomic E-state index is 0.0628. The van der Waals surface area contributed by atoms with Crippen molar-refractivity contribution in [3.8, 4) is 0 Å². The fourth-order valence-electron chi connectivity index (χ4n) is 1.96. The van der Waals surface area contributed by atoms with Crippen molar-refractivity contribution in [3.05, 3.63) is 6.07 Å². The van der Waals surface area contributed by atoms with E-state index in [4.69, 9.17) is 4.74 Å². The van der Waals surface area contributed by atoms with Crippen molar-refractivity contribution >= 4 is 23.4 Å². The molecule has 1 aliphatic heterocycles. The van der Waals surface area contributed by atoms with Gasteiger partial charge < -0.3 is 15.4 Å². The molecule has 0 bridgehead atoms. The minimum Gasteiger partial charge on any atom is -0.381 e. The summed E-state index contributed by atoms with van der Waals surface area (Å²) in [4.78, 5) is 8.86. The standard InChI is InChI=1S/C12H20N4OS/c1-12(4-6-17-7-5-12)16-10-8-9(13-2)14-11(15-10)18-3/h8H,4-7H2,1-3H3,(H2,13,14,15,16). The first-order chi connectivity index (χ1) is 8.65.